The molecule has 1 aromatic carbocycles. The number of thioether (sulfide) groups is 1. The van der Waals surface area contributed by atoms with Gasteiger partial charge in [-0.3, -0.25) is 10.4 Å². The van der Waals surface area contributed by atoms with Gasteiger partial charge in [-0.05, 0) is 30.5 Å². The van der Waals surface area contributed by atoms with Crippen molar-refractivity contribution in [3.63, 3.8) is 0 Å². The van der Waals surface area contributed by atoms with Crippen LogP contribution in [0.4, 0.5) is 0 Å². The number of amidine groups is 1. The smallest absolute Gasteiger partial charge is 0.177 e. The van der Waals surface area contributed by atoms with E-state index >= 15 is 0 Å². The molecule has 1 aromatic rings. The average Bonchev–Trinajstić information content (AvgIpc) is 2.94. The number of nitrogens with zero attached hydrogens (tertiary/aromatic N) is 2. The molecule has 1 saturated carbocycles. The number of aliphatic imine (C=N–C) groups is 1. The number of hydrogen-bond acceptors (Lipinski definition) is 3. The highest BCUT2D eigenvalue weighted by atomic mass is 79.9. The topological polar surface area (TPSA) is 36.8 Å². The third-order valence-corrected chi connectivity index (χ3v) is 4.57. The number of hydrazone groups is 1. The maximum Gasteiger partial charge on any atom is 0.177 e. The molecular formula is C14H17BrClN3S. The van der Waals surface area contributed by atoms with Gasteiger partial charge < -0.3 is 0 Å². The van der Waals surface area contributed by atoms with Gasteiger partial charge >= 0.3 is 0 Å². The molecule has 3 nitrogen and oxygen atoms in total. The van der Waals surface area contributed by atoms with Crippen molar-refractivity contribution in [3.05, 3.63) is 34.9 Å². The van der Waals surface area contributed by atoms with E-state index in [1.807, 2.05) is 24.3 Å². The summed E-state index contributed by atoms with van der Waals surface area (Å²) in [6.45, 7) is 0. The molecule has 0 radical (unpaired) electrons. The summed E-state index contributed by atoms with van der Waals surface area (Å²) in [6, 6.07) is 8.30. The van der Waals surface area contributed by atoms with Gasteiger partial charge in [0.25, 0.3) is 0 Å². The fraction of sp³-hybridized carbons (Fsp3) is 0.429. The Hall–Kier alpha value is -0.520. The van der Waals surface area contributed by atoms with Gasteiger partial charge in [-0.25, -0.2) is 0 Å². The van der Waals surface area contributed by atoms with Crippen LogP contribution in [0.1, 0.15) is 31.2 Å². The Labute approximate surface area is 139 Å². The minimum Gasteiger partial charge on any atom is -0.258 e. The maximum atomic E-state index is 5.89. The van der Waals surface area contributed by atoms with Crippen LogP contribution in [0.25, 0.3) is 0 Å². The van der Waals surface area contributed by atoms with E-state index < -0.39 is 0 Å². The molecule has 1 fully saturated rings. The molecule has 20 heavy (non-hydrogen) atoms. The quantitative estimate of drug-likeness (QED) is 0.840. The van der Waals surface area contributed by atoms with Gasteiger partial charge in [0.1, 0.15) is 0 Å². The van der Waals surface area contributed by atoms with Crippen molar-refractivity contribution < 1.29 is 0 Å². The first kappa shape index (κ1) is 15.9. The van der Waals surface area contributed by atoms with E-state index in [1.165, 1.54) is 25.7 Å². The summed E-state index contributed by atoms with van der Waals surface area (Å²) in [4.78, 5) is 4.72. The first-order valence-electron chi connectivity index (χ1n) is 6.60. The van der Waals surface area contributed by atoms with Gasteiger partial charge in [0.2, 0.25) is 0 Å². The molecule has 1 heterocycles. The molecule has 1 aliphatic heterocycles. The molecule has 0 atom stereocenters. The summed E-state index contributed by atoms with van der Waals surface area (Å²) in [5.74, 6) is 0.861. The minimum atomic E-state index is 0. The molecule has 0 aromatic heterocycles. The van der Waals surface area contributed by atoms with Crippen molar-refractivity contribution >= 4 is 51.2 Å². The second-order valence-electron chi connectivity index (χ2n) is 4.84. The molecule has 0 saturated heterocycles. The van der Waals surface area contributed by atoms with Gasteiger partial charge in [-0.15, -0.1) is 17.0 Å². The fourth-order valence-corrected chi connectivity index (χ4v) is 3.34. The molecule has 0 spiro atoms. The van der Waals surface area contributed by atoms with E-state index in [0.717, 1.165) is 27.2 Å². The summed E-state index contributed by atoms with van der Waals surface area (Å²) in [5.41, 5.74) is 5.24. The summed E-state index contributed by atoms with van der Waals surface area (Å²) < 4.78 is 0. The molecular weight excluding hydrogens is 358 g/mol. The molecule has 3 rings (SSSR count). The molecule has 108 valence electrons. The highest BCUT2D eigenvalue weighted by Crippen LogP contribution is 2.23. The van der Waals surface area contributed by atoms with Crippen LogP contribution in [0.2, 0.25) is 5.02 Å². The zero-order chi connectivity index (χ0) is 13.1. The van der Waals surface area contributed by atoms with Gasteiger partial charge in [0.15, 0.2) is 5.17 Å². The second-order valence-corrected chi connectivity index (χ2v) is 6.24. The molecule has 1 aliphatic carbocycles. The predicted octanol–water partition coefficient (Wildman–Crippen LogP) is 4.26. The van der Waals surface area contributed by atoms with E-state index in [2.05, 4.69) is 10.5 Å². The Morgan fingerprint density at radius 1 is 1.20 bits per heavy atom. The van der Waals surface area contributed by atoms with Gasteiger partial charge in [0, 0.05) is 10.8 Å². The number of rotatable bonds is 2. The zero-order valence-corrected chi connectivity index (χ0v) is 14.3. The normalized spacial score (nSPS) is 21.2. The highest BCUT2D eigenvalue weighted by molar-refractivity contribution is 8.93. The third-order valence-electron chi connectivity index (χ3n) is 3.43. The number of nitrogens with one attached hydrogen (secondary N) is 1. The number of hydrogen-bond donors (Lipinski definition) is 1. The van der Waals surface area contributed by atoms with Crippen molar-refractivity contribution in [2.24, 2.45) is 10.1 Å². The van der Waals surface area contributed by atoms with Crippen molar-refractivity contribution in [3.8, 4) is 0 Å². The average molecular weight is 375 g/mol. The molecule has 6 heteroatoms. The predicted molar refractivity (Wildman–Crippen MR) is 93.6 cm³/mol. The van der Waals surface area contributed by atoms with Crippen LogP contribution in [0, 0.1) is 0 Å². The van der Waals surface area contributed by atoms with Gasteiger partial charge in [-0.2, -0.15) is 5.10 Å². The Morgan fingerprint density at radius 2 is 1.90 bits per heavy atom. The van der Waals surface area contributed by atoms with Crippen molar-refractivity contribution in [2.75, 3.05) is 5.75 Å². The van der Waals surface area contributed by atoms with E-state index in [9.17, 15) is 0 Å². The first-order valence-corrected chi connectivity index (χ1v) is 7.97. The Bertz CT molecular complexity index is 510. The van der Waals surface area contributed by atoms with Crippen LogP contribution in [0.5, 0.6) is 0 Å². The van der Waals surface area contributed by atoms with E-state index in [-0.39, 0.29) is 17.0 Å². The lowest BCUT2D eigenvalue weighted by Crippen LogP contribution is -2.26. The summed E-state index contributed by atoms with van der Waals surface area (Å²) >= 11 is 7.62. The maximum absolute atomic E-state index is 5.89. The largest absolute Gasteiger partial charge is 0.258 e. The first-order chi connectivity index (χ1) is 9.31. The van der Waals surface area contributed by atoms with Gasteiger partial charge in [0.05, 0.1) is 11.8 Å². The zero-order valence-electron chi connectivity index (χ0n) is 11.0. The van der Waals surface area contributed by atoms with Crippen LogP contribution in [-0.2, 0) is 0 Å². The lowest BCUT2D eigenvalue weighted by molar-refractivity contribution is 0.703. The number of halogens is 2. The fourth-order valence-electron chi connectivity index (χ4n) is 2.37. The van der Waals surface area contributed by atoms with E-state index in [0.29, 0.717) is 6.04 Å². The Balaban J connectivity index is 0.00000147. The van der Waals surface area contributed by atoms with Crippen molar-refractivity contribution in [1.82, 2.24) is 5.43 Å². The van der Waals surface area contributed by atoms with E-state index in [4.69, 9.17) is 16.6 Å². The Morgan fingerprint density at radius 3 is 2.50 bits per heavy atom. The van der Waals surface area contributed by atoms with Crippen molar-refractivity contribution in [1.29, 1.82) is 0 Å². The molecule has 1 N–H and O–H groups in total. The molecule has 0 unspecified atom stereocenters. The van der Waals surface area contributed by atoms with Gasteiger partial charge in [-0.1, -0.05) is 48.3 Å². The van der Waals surface area contributed by atoms with Crippen LogP contribution >= 0.6 is 40.3 Å². The number of benzene rings is 1. The monoisotopic (exact) mass is 373 g/mol. The summed E-state index contributed by atoms with van der Waals surface area (Å²) in [6.07, 6.45) is 5.07. The second kappa shape index (κ2) is 7.48. The van der Waals surface area contributed by atoms with E-state index in [1.54, 1.807) is 11.8 Å². The minimum absolute atomic E-state index is 0. The lowest BCUT2D eigenvalue weighted by Gasteiger charge is -2.16. The Kier molecular flexibility index (Phi) is 5.93. The van der Waals surface area contributed by atoms with Crippen LogP contribution < -0.4 is 5.43 Å². The lowest BCUT2D eigenvalue weighted by atomic mass is 10.1. The standard InChI is InChI=1S/C14H16ClN3S.BrH/c15-11-7-5-10(6-8-11)13-9-19-14(18-17-13)16-12-3-1-2-4-12;/h5-8,12H,1-4,9H2,(H,16,18);1H. The molecule has 0 bridgehead atoms. The van der Waals surface area contributed by atoms with Crippen molar-refractivity contribution in [2.45, 2.75) is 31.7 Å². The van der Waals surface area contributed by atoms with Crippen LogP contribution in [0.3, 0.4) is 0 Å². The highest BCUT2D eigenvalue weighted by Gasteiger charge is 2.17. The molecule has 0 amide bonds. The van der Waals surface area contributed by atoms with Crippen LogP contribution in [-0.4, -0.2) is 22.7 Å². The summed E-state index contributed by atoms with van der Waals surface area (Å²) in [7, 11) is 0. The SMILES string of the molecule is Br.Clc1ccc(C2=NNC(=NC3CCCC3)SC2)cc1. The summed E-state index contributed by atoms with van der Waals surface area (Å²) in [5, 5.41) is 6.14. The molecule has 2 aliphatic rings. The van der Waals surface area contributed by atoms with Crippen LogP contribution in [0.15, 0.2) is 34.4 Å². The third kappa shape index (κ3) is 3.99.